The summed E-state index contributed by atoms with van der Waals surface area (Å²) in [6.07, 6.45) is 0.600. The number of benzene rings is 3. The molecule has 30 heavy (non-hydrogen) atoms. The summed E-state index contributed by atoms with van der Waals surface area (Å²) < 4.78 is 16.1. The minimum absolute atomic E-state index is 0.128. The quantitative estimate of drug-likeness (QED) is 0.375. The van der Waals surface area contributed by atoms with Crippen molar-refractivity contribution in [2.45, 2.75) is 13.3 Å². The van der Waals surface area contributed by atoms with Crippen molar-refractivity contribution in [1.82, 2.24) is 0 Å². The molecule has 0 aliphatic carbocycles. The van der Waals surface area contributed by atoms with E-state index in [0.717, 1.165) is 11.1 Å². The largest absolute Gasteiger partial charge is 0.482 e. The van der Waals surface area contributed by atoms with Crippen molar-refractivity contribution < 1.29 is 23.8 Å². The fraction of sp³-hybridized carbons (Fsp3) is 0.167. The lowest BCUT2D eigenvalue weighted by molar-refractivity contribution is -0.136. The van der Waals surface area contributed by atoms with Crippen LogP contribution in [-0.2, 0) is 16.0 Å². The Morgan fingerprint density at radius 1 is 0.933 bits per heavy atom. The first-order valence-electron chi connectivity index (χ1n) is 9.42. The van der Waals surface area contributed by atoms with E-state index in [0.29, 0.717) is 17.2 Å². The van der Waals surface area contributed by atoms with E-state index in [1.54, 1.807) is 36.4 Å². The zero-order valence-corrected chi connectivity index (χ0v) is 17.2. The van der Waals surface area contributed by atoms with Crippen LogP contribution >= 0.6 is 11.6 Å². The number of para-hydroxylation sites is 1. The molecule has 0 amide bonds. The van der Waals surface area contributed by atoms with Gasteiger partial charge in [-0.3, -0.25) is 0 Å². The first-order valence-corrected chi connectivity index (χ1v) is 9.80. The number of carbonyl (C=O) groups excluding carboxylic acids is 2. The summed E-state index contributed by atoms with van der Waals surface area (Å²) in [5, 5.41) is 0.615. The van der Waals surface area contributed by atoms with Crippen LogP contribution in [0.2, 0.25) is 5.02 Å². The van der Waals surface area contributed by atoms with Gasteiger partial charge in [-0.2, -0.15) is 0 Å². The second-order valence-corrected chi connectivity index (χ2v) is 6.95. The molecule has 0 bridgehead atoms. The van der Waals surface area contributed by atoms with E-state index in [1.165, 1.54) is 6.07 Å². The summed E-state index contributed by atoms with van der Waals surface area (Å²) in [6.45, 7) is 1.76. The van der Waals surface area contributed by atoms with Gasteiger partial charge < -0.3 is 14.2 Å². The van der Waals surface area contributed by atoms with E-state index in [1.807, 2.05) is 37.3 Å². The third-order valence-electron chi connectivity index (χ3n) is 4.28. The molecule has 0 N–H and O–H groups in total. The summed E-state index contributed by atoms with van der Waals surface area (Å²) in [6, 6.07) is 21.3. The molecule has 5 nitrogen and oxygen atoms in total. The van der Waals surface area contributed by atoms with Gasteiger partial charge in [0, 0.05) is 11.4 Å². The van der Waals surface area contributed by atoms with Crippen LogP contribution in [0.5, 0.6) is 11.5 Å². The average molecular weight is 425 g/mol. The van der Waals surface area contributed by atoms with Crippen LogP contribution in [0.25, 0.3) is 0 Å². The molecule has 3 aromatic rings. The van der Waals surface area contributed by atoms with Gasteiger partial charge in [-0.05, 0) is 48.4 Å². The molecule has 0 radical (unpaired) electrons. The highest BCUT2D eigenvalue weighted by molar-refractivity contribution is 6.31. The molecular weight excluding hydrogens is 404 g/mol. The van der Waals surface area contributed by atoms with Crippen molar-refractivity contribution in [1.29, 1.82) is 0 Å². The van der Waals surface area contributed by atoms with Gasteiger partial charge in [0.25, 0.3) is 0 Å². The van der Waals surface area contributed by atoms with Gasteiger partial charge in [-0.1, -0.05) is 54.1 Å². The Morgan fingerprint density at radius 2 is 1.67 bits per heavy atom. The van der Waals surface area contributed by atoms with Crippen molar-refractivity contribution in [3.8, 4) is 11.5 Å². The molecule has 0 aliphatic rings. The van der Waals surface area contributed by atoms with Crippen molar-refractivity contribution in [3.05, 3.63) is 94.5 Å². The molecule has 0 saturated carbocycles. The molecule has 0 aliphatic heterocycles. The smallest absolute Gasteiger partial charge is 0.349 e. The van der Waals surface area contributed by atoms with Gasteiger partial charge in [0.1, 0.15) is 17.1 Å². The van der Waals surface area contributed by atoms with E-state index in [2.05, 4.69) is 0 Å². The normalized spacial score (nSPS) is 10.3. The number of aryl methyl sites for hydroxylation is 1. The Hall–Kier alpha value is -3.31. The molecule has 0 fully saturated rings. The molecule has 0 saturated heterocycles. The lowest BCUT2D eigenvalue weighted by atomic mass is 10.2. The lowest BCUT2D eigenvalue weighted by Gasteiger charge is -2.11. The van der Waals surface area contributed by atoms with Crippen LogP contribution in [0.1, 0.15) is 21.5 Å². The molecule has 6 heteroatoms. The maximum Gasteiger partial charge on any atom is 0.349 e. The van der Waals surface area contributed by atoms with Gasteiger partial charge >= 0.3 is 11.9 Å². The van der Waals surface area contributed by atoms with Crippen molar-refractivity contribution in [2.24, 2.45) is 0 Å². The molecule has 0 atom stereocenters. The van der Waals surface area contributed by atoms with Crippen LogP contribution < -0.4 is 9.47 Å². The summed E-state index contributed by atoms with van der Waals surface area (Å²) in [5.41, 5.74) is 2.09. The Labute approximate surface area is 180 Å². The maximum absolute atomic E-state index is 12.4. The molecule has 3 aromatic carbocycles. The highest BCUT2D eigenvalue weighted by Gasteiger charge is 2.17. The third-order valence-corrected chi connectivity index (χ3v) is 4.71. The van der Waals surface area contributed by atoms with Gasteiger partial charge in [0.05, 0.1) is 6.61 Å². The van der Waals surface area contributed by atoms with Crippen LogP contribution in [0.4, 0.5) is 0 Å². The first-order chi connectivity index (χ1) is 14.5. The molecule has 0 unspecified atom stereocenters. The maximum atomic E-state index is 12.4. The van der Waals surface area contributed by atoms with Crippen LogP contribution in [0, 0.1) is 6.92 Å². The Morgan fingerprint density at radius 3 is 2.43 bits per heavy atom. The highest BCUT2D eigenvalue weighted by atomic mass is 35.5. The number of hydrogen-bond donors (Lipinski definition) is 0. The SMILES string of the molecule is Cc1cc(OCC(=O)Oc2ccccc2C(=O)OCCc2ccccc2)ccc1Cl. The van der Waals surface area contributed by atoms with E-state index >= 15 is 0 Å². The minimum Gasteiger partial charge on any atom is -0.482 e. The van der Waals surface area contributed by atoms with Crippen LogP contribution in [0.15, 0.2) is 72.8 Å². The number of hydrogen-bond acceptors (Lipinski definition) is 5. The monoisotopic (exact) mass is 424 g/mol. The fourth-order valence-electron chi connectivity index (χ4n) is 2.71. The zero-order chi connectivity index (χ0) is 21.3. The topological polar surface area (TPSA) is 61.8 Å². The molecule has 154 valence electrons. The third kappa shape index (κ3) is 6.09. The van der Waals surface area contributed by atoms with Crippen LogP contribution in [-0.4, -0.2) is 25.2 Å². The second kappa shape index (κ2) is 10.5. The van der Waals surface area contributed by atoms with Crippen LogP contribution in [0.3, 0.4) is 0 Å². The highest BCUT2D eigenvalue weighted by Crippen LogP contribution is 2.22. The molecule has 0 spiro atoms. The van der Waals surface area contributed by atoms with Gasteiger partial charge in [0.2, 0.25) is 0 Å². The molecule has 0 aromatic heterocycles. The summed E-state index contributed by atoms with van der Waals surface area (Å²) >= 11 is 5.98. The van der Waals surface area contributed by atoms with Crippen molar-refractivity contribution >= 4 is 23.5 Å². The summed E-state index contributed by atoms with van der Waals surface area (Å²) in [7, 11) is 0. The molecular formula is C24H21ClO5. The van der Waals surface area contributed by atoms with Crippen molar-refractivity contribution in [2.75, 3.05) is 13.2 Å². The number of ether oxygens (including phenoxy) is 3. The molecule has 0 heterocycles. The van der Waals surface area contributed by atoms with Crippen molar-refractivity contribution in [3.63, 3.8) is 0 Å². The number of carbonyl (C=O) groups is 2. The standard InChI is InChI=1S/C24H21ClO5/c1-17-15-19(11-12-21(17)25)29-16-23(26)30-22-10-6-5-9-20(22)24(27)28-14-13-18-7-3-2-4-8-18/h2-12,15H,13-14,16H2,1H3. The Bertz CT molecular complexity index is 1020. The first kappa shape index (κ1) is 21.4. The lowest BCUT2D eigenvalue weighted by Crippen LogP contribution is -2.19. The summed E-state index contributed by atoms with van der Waals surface area (Å²) in [5.74, 6) is -0.554. The van der Waals surface area contributed by atoms with Gasteiger partial charge in [-0.25, -0.2) is 9.59 Å². The van der Waals surface area contributed by atoms with E-state index in [4.69, 9.17) is 25.8 Å². The average Bonchev–Trinajstić information content (AvgIpc) is 2.75. The number of rotatable bonds is 8. The second-order valence-electron chi connectivity index (χ2n) is 6.54. The number of esters is 2. The molecule has 3 rings (SSSR count). The summed E-state index contributed by atoms with van der Waals surface area (Å²) in [4.78, 5) is 24.6. The zero-order valence-electron chi connectivity index (χ0n) is 16.5. The van der Waals surface area contributed by atoms with E-state index in [9.17, 15) is 9.59 Å². The Balaban J connectivity index is 1.55. The number of halogens is 1. The van der Waals surface area contributed by atoms with Gasteiger partial charge in [-0.15, -0.1) is 0 Å². The predicted molar refractivity (Wildman–Crippen MR) is 114 cm³/mol. The fourth-order valence-corrected chi connectivity index (χ4v) is 2.83. The predicted octanol–water partition coefficient (Wildman–Crippen LogP) is 5.03. The van der Waals surface area contributed by atoms with E-state index < -0.39 is 11.9 Å². The van der Waals surface area contributed by atoms with Gasteiger partial charge in [0.15, 0.2) is 6.61 Å². The minimum atomic E-state index is -0.632. The Kier molecular flexibility index (Phi) is 7.46. The van der Waals surface area contributed by atoms with E-state index in [-0.39, 0.29) is 24.5 Å².